The maximum absolute atomic E-state index is 12.4. The van der Waals surface area contributed by atoms with Crippen LogP contribution in [0.2, 0.25) is 0 Å². The van der Waals surface area contributed by atoms with E-state index in [0.29, 0.717) is 41.3 Å². The lowest BCUT2D eigenvalue weighted by Crippen LogP contribution is -2.15. The Hall–Kier alpha value is -3.46. The number of carbonyl (C=O) groups is 1. The van der Waals surface area contributed by atoms with Crippen molar-refractivity contribution in [3.05, 3.63) is 67.0 Å². The minimum absolute atomic E-state index is 0.140. The van der Waals surface area contributed by atoms with Gasteiger partial charge in [0.25, 0.3) is 0 Å². The first-order valence-corrected chi connectivity index (χ1v) is 11.1. The van der Waals surface area contributed by atoms with Crippen molar-refractivity contribution in [2.45, 2.75) is 25.2 Å². The highest BCUT2D eigenvalue weighted by Gasteiger charge is 2.15. The van der Waals surface area contributed by atoms with Gasteiger partial charge in [0.1, 0.15) is 12.4 Å². The van der Waals surface area contributed by atoms with E-state index in [-0.39, 0.29) is 18.3 Å². The fourth-order valence-electron chi connectivity index (χ4n) is 2.85. The molecule has 0 radical (unpaired) electrons. The number of rotatable bonds is 12. The van der Waals surface area contributed by atoms with Crippen LogP contribution in [0.4, 0.5) is 5.69 Å². The van der Waals surface area contributed by atoms with Crippen molar-refractivity contribution in [1.82, 2.24) is 14.8 Å². The summed E-state index contributed by atoms with van der Waals surface area (Å²) in [5.41, 5.74) is 0.706. The van der Waals surface area contributed by atoms with Gasteiger partial charge in [0.05, 0.1) is 19.5 Å². The Bertz CT molecular complexity index is 1040. The Labute approximate surface area is 191 Å². The summed E-state index contributed by atoms with van der Waals surface area (Å²) in [6, 6.07) is 14.7. The van der Waals surface area contributed by atoms with Crippen molar-refractivity contribution < 1.29 is 19.0 Å². The monoisotopic (exact) mass is 454 g/mol. The number of hydrogen-bond donors (Lipinski definition) is 1. The van der Waals surface area contributed by atoms with E-state index >= 15 is 0 Å². The predicted molar refractivity (Wildman–Crippen MR) is 125 cm³/mol. The lowest BCUT2D eigenvalue weighted by atomic mass is 10.3. The number of nitrogens with one attached hydrogen (secondary N) is 1. The van der Waals surface area contributed by atoms with Gasteiger partial charge in [0, 0.05) is 12.2 Å². The van der Waals surface area contributed by atoms with Crippen LogP contribution in [0.5, 0.6) is 17.2 Å². The molecule has 0 spiro atoms. The second kappa shape index (κ2) is 11.8. The SMILES string of the molecule is C=CCn1c(COc2ccccc2OC)nnc1SCC(=O)Nc1ccc(OCC)cc1. The van der Waals surface area contributed by atoms with Crippen LogP contribution >= 0.6 is 11.8 Å². The summed E-state index contributed by atoms with van der Waals surface area (Å²) in [6.07, 6.45) is 1.75. The maximum atomic E-state index is 12.4. The van der Waals surface area contributed by atoms with Gasteiger partial charge < -0.3 is 19.5 Å². The third-order valence-electron chi connectivity index (χ3n) is 4.31. The van der Waals surface area contributed by atoms with E-state index in [9.17, 15) is 4.79 Å². The van der Waals surface area contributed by atoms with E-state index in [0.717, 1.165) is 5.75 Å². The standard InChI is InChI=1S/C23H26N4O4S/c1-4-14-27-21(15-31-20-9-7-6-8-19(20)29-3)25-26-23(27)32-16-22(28)24-17-10-12-18(13-11-17)30-5-2/h4,6-13H,1,5,14-16H2,2-3H3,(H,24,28). The fraction of sp³-hybridized carbons (Fsp3) is 0.261. The van der Waals surface area contributed by atoms with Gasteiger partial charge >= 0.3 is 0 Å². The highest BCUT2D eigenvalue weighted by Crippen LogP contribution is 2.27. The molecule has 0 atom stereocenters. The Balaban J connectivity index is 1.59. The summed E-state index contributed by atoms with van der Waals surface area (Å²) in [4.78, 5) is 12.4. The molecule has 0 unspecified atom stereocenters. The average molecular weight is 455 g/mol. The molecular formula is C23H26N4O4S. The minimum Gasteiger partial charge on any atom is -0.494 e. The number of ether oxygens (including phenoxy) is 3. The molecule has 0 aliphatic rings. The Morgan fingerprint density at radius 2 is 1.88 bits per heavy atom. The fourth-order valence-corrected chi connectivity index (χ4v) is 3.62. The first kappa shape index (κ1) is 23.2. The van der Waals surface area contributed by atoms with Gasteiger partial charge in [0.2, 0.25) is 5.91 Å². The third-order valence-corrected chi connectivity index (χ3v) is 5.28. The molecule has 8 nitrogen and oxygen atoms in total. The van der Waals surface area contributed by atoms with Gasteiger partial charge in [-0.15, -0.1) is 16.8 Å². The second-order valence-corrected chi connectivity index (χ2v) is 7.47. The van der Waals surface area contributed by atoms with E-state index < -0.39 is 0 Å². The van der Waals surface area contributed by atoms with Crippen LogP contribution < -0.4 is 19.5 Å². The molecule has 0 fully saturated rings. The highest BCUT2D eigenvalue weighted by atomic mass is 32.2. The summed E-state index contributed by atoms with van der Waals surface area (Å²) in [5.74, 6) is 2.70. The lowest BCUT2D eigenvalue weighted by molar-refractivity contribution is -0.113. The molecule has 3 aromatic rings. The summed E-state index contributed by atoms with van der Waals surface area (Å²) in [6.45, 7) is 7.03. The molecule has 1 aromatic heterocycles. The molecule has 1 N–H and O–H groups in total. The van der Waals surface area contributed by atoms with E-state index in [1.165, 1.54) is 11.8 Å². The number of carbonyl (C=O) groups excluding carboxylic acids is 1. The number of benzene rings is 2. The summed E-state index contributed by atoms with van der Waals surface area (Å²) in [7, 11) is 1.59. The van der Waals surface area contributed by atoms with Crippen LogP contribution in [-0.4, -0.2) is 40.1 Å². The molecule has 0 bridgehead atoms. The minimum atomic E-state index is -0.140. The molecule has 9 heteroatoms. The molecule has 0 saturated carbocycles. The van der Waals surface area contributed by atoms with Gasteiger partial charge in [0.15, 0.2) is 22.5 Å². The van der Waals surface area contributed by atoms with E-state index in [4.69, 9.17) is 14.2 Å². The molecule has 3 rings (SSSR count). The highest BCUT2D eigenvalue weighted by molar-refractivity contribution is 7.99. The van der Waals surface area contributed by atoms with E-state index in [1.54, 1.807) is 25.3 Å². The van der Waals surface area contributed by atoms with Crippen molar-refractivity contribution in [2.75, 3.05) is 24.8 Å². The molecule has 2 aromatic carbocycles. The molecule has 1 amide bonds. The third kappa shape index (κ3) is 6.27. The van der Waals surface area contributed by atoms with Gasteiger partial charge in [-0.05, 0) is 43.3 Å². The number of nitrogens with zero attached hydrogens (tertiary/aromatic N) is 3. The molecular weight excluding hydrogens is 428 g/mol. The van der Waals surface area contributed by atoms with Crippen molar-refractivity contribution in [3.8, 4) is 17.2 Å². The van der Waals surface area contributed by atoms with E-state index in [1.807, 2.05) is 47.9 Å². The predicted octanol–water partition coefficient (Wildman–Crippen LogP) is 4.18. The normalized spacial score (nSPS) is 10.4. The Morgan fingerprint density at radius 3 is 2.56 bits per heavy atom. The molecule has 0 aliphatic heterocycles. The van der Waals surface area contributed by atoms with Crippen molar-refractivity contribution in [3.63, 3.8) is 0 Å². The molecule has 1 heterocycles. The van der Waals surface area contributed by atoms with Crippen LogP contribution in [0.1, 0.15) is 12.7 Å². The van der Waals surface area contributed by atoms with Gasteiger partial charge in [-0.25, -0.2) is 0 Å². The summed E-state index contributed by atoms with van der Waals surface area (Å²) >= 11 is 1.30. The van der Waals surface area contributed by atoms with Crippen molar-refractivity contribution >= 4 is 23.4 Å². The number of aromatic nitrogens is 3. The molecule has 0 saturated heterocycles. The zero-order valence-corrected chi connectivity index (χ0v) is 18.9. The smallest absolute Gasteiger partial charge is 0.234 e. The topological polar surface area (TPSA) is 87.5 Å². The van der Waals surface area contributed by atoms with Crippen LogP contribution in [0, 0.1) is 0 Å². The second-order valence-electron chi connectivity index (χ2n) is 6.53. The number of allylic oxidation sites excluding steroid dienone is 1. The van der Waals surface area contributed by atoms with Crippen LogP contribution in [0.15, 0.2) is 66.3 Å². The number of hydrogen-bond acceptors (Lipinski definition) is 7. The number of para-hydroxylation sites is 2. The summed E-state index contributed by atoms with van der Waals surface area (Å²) < 4.78 is 18.5. The Morgan fingerprint density at radius 1 is 1.12 bits per heavy atom. The lowest BCUT2D eigenvalue weighted by Gasteiger charge is -2.11. The van der Waals surface area contributed by atoms with E-state index in [2.05, 4.69) is 22.1 Å². The zero-order chi connectivity index (χ0) is 22.8. The van der Waals surface area contributed by atoms with Crippen LogP contribution in [0.3, 0.4) is 0 Å². The number of thioether (sulfide) groups is 1. The van der Waals surface area contributed by atoms with Crippen molar-refractivity contribution in [1.29, 1.82) is 0 Å². The van der Waals surface area contributed by atoms with Gasteiger partial charge in [-0.1, -0.05) is 30.0 Å². The zero-order valence-electron chi connectivity index (χ0n) is 18.1. The first-order valence-electron chi connectivity index (χ1n) is 10.1. The number of amides is 1. The van der Waals surface area contributed by atoms with Crippen LogP contribution in [0.25, 0.3) is 0 Å². The number of anilines is 1. The number of methoxy groups -OCH3 is 1. The Kier molecular flexibility index (Phi) is 8.56. The molecule has 32 heavy (non-hydrogen) atoms. The van der Waals surface area contributed by atoms with Gasteiger partial charge in [-0.3, -0.25) is 9.36 Å². The summed E-state index contributed by atoms with van der Waals surface area (Å²) in [5, 5.41) is 11.9. The quantitative estimate of drug-likeness (QED) is 0.324. The molecule has 168 valence electrons. The van der Waals surface area contributed by atoms with Crippen molar-refractivity contribution in [2.24, 2.45) is 0 Å². The largest absolute Gasteiger partial charge is 0.494 e. The van der Waals surface area contributed by atoms with Gasteiger partial charge in [-0.2, -0.15) is 0 Å². The average Bonchev–Trinajstić information content (AvgIpc) is 3.19. The maximum Gasteiger partial charge on any atom is 0.234 e. The first-order chi connectivity index (χ1) is 15.6. The van der Waals surface area contributed by atoms with Crippen LogP contribution in [-0.2, 0) is 17.9 Å². The molecule has 0 aliphatic carbocycles.